The summed E-state index contributed by atoms with van der Waals surface area (Å²) in [4.78, 5) is 24.4. The summed E-state index contributed by atoms with van der Waals surface area (Å²) < 4.78 is 23.2. The fraction of sp³-hybridized carbons (Fsp3) is 0.300. The molecular weight excluding hydrogens is 337 g/mol. The quantitative estimate of drug-likeness (QED) is 0.772. The topological polar surface area (TPSA) is 64.6 Å². The number of hydrogen-bond donors (Lipinski definition) is 1. The first-order valence-electron chi connectivity index (χ1n) is 8.28. The minimum Gasteiger partial charge on any atom is -0.496 e. The van der Waals surface area contributed by atoms with Crippen molar-refractivity contribution in [1.29, 1.82) is 0 Å². The highest BCUT2D eigenvalue weighted by molar-refractivity contribution is 5.94. The van der Waals surface area contributed by atoms with Crippen molar-refractivity contribution in [3.05, 3.63) is 65.0 Å². The van der Waals surface area contributed by atoms with E-state index < -0.39 is 18.0 Å². The molecule has 1 amide bonds. The summed E-state index contributed by atoms with van der Waals surface area (Å²) >= 11 is 0. The summed E-state index contributed by atoms with van der Waals surface area (Å²) in [5, 5.41) is 2.70. The number of ether oxygens (including phenoxy) is 2. The molecule has 2 rings (SSSR count). The van der Waals surface area contributed by atoms with E-state index in [1.807, 2.05) is 13.0 Å². The van der Waals surface area contributed by atoms with E-state index >= 15 is 0 Å². The second-order valence-corrected chi connectivity index (χ2v) is 5.92. The maximum atomic E-state index is 12.9. The Labute approximate surface area is 152 Å². The van der Waals surface area contributed by atoms with Crippen LogP contribution in [0.2, 0.25) is 0 Å². The minimum atomic E-state index is -0.944. The van der Waals surface area contributed by atoms with Gasteiger partial charge in [0.25, 0.3) is 5.91 Å². The monoisotopic (exact) mass is 359 g/mol. The van der Waals surface area contributed by atoms with Crippen LogP contribution in [0.5, 0.6) is 5.75 Å². The fourth-order valence-corrected chi connectivity index (χ4v) is 2.38. The zero-order valence-corrected chi connectivity index (χ0v) is 15.0. The Kier molecular flexibility index (Phi) is 6.72. The highest BCUT2D eigenvalue weighted by atomic mass is 19.1. The lowest BCUT2D eigenvalue weighted by Crippen LogP contribution is -2.37. The van der Waals surface area contributed by atoms with Crippen LogP contribution in [0.25, 0.3) is 0 Å². The number of halogens is 1. The van der Waals surface area contributed by atoms with E-state index in [0.717, 1.165) is 11.1 Å². The molecule has 0 spiro atoms. The standard InChI is InChI=1S/C20H22FNO4/c1-13-4-9-18(25-3)17(12-13)20(24)26-14(2)19(23)22-11-10-15-5-7-16(21)8-6-15/h4-9,12,14H,10-11H2,1-3H3,(H,22,23)/t14-/m0/s1. The first-order valence-corrected chi connectivity index (χ1v) is 8.28. The first kappa shape index (κ1) is 19.4. The molecular formula is C20H22FNO4. The van der Waals surface area contributed by atoms with Gasteiger partial charge in [0.2, 0.25) is 0 Å². The van der Waals surface area contributed by atoms with Gasteiger partial charge in [0.15, 0.2) is 6.10 Å². The molecule has 2 aromatic rings. The van der Waals surface area contributed by atoms with Crippen molar-refractivity contribution in [2.75, 3.05) is 13.7 Å². The third-order valence-corrected chi connectivity index (χ3v) is 3.85. The third-order valence-electron chi connectivity index (χ3n) is 3.85. The zero-order valence-electron chi connectivity index (χ0n) is 15.0. The summed E-state index contributed by atoms with van der Waals surface area (Å²) in [5.74, 6) is -0.923. The molecule has 1 N–H and O–H groups in total. The van der Waals surface area contributed by atoms with Crippen LogP contribution < -0.4 is 10.1 Å². The van der Waals surface area contributed by atoms with Gasteiger partial charge in [-0.15, -0.1) is 0 Å². The number of nitrogens with one attached hydrogen (secondary N) is 1. The molecule has 1 atom stereocenters. The highest BCUT2D eigenvalue weighted by Crippen LogP contribution is 2.21. The number of esters is 1. The number of amides is 1. The molecule has 6 heteroatoms. The van der Waals surface area contributed by atoms with E-state index in [-0.39, 0.29) is 11.4 Å². The molecule has 0 saturated carbocycles. The van der Waals surface area contributed by atoms with E-state index in [9.17, 15) is 14.0 Å². The Bertz CT molecular complexity index is 774. The minimum absolute atomic E-state index is 0.276. The molecule has 138 valence electrons. The van der Waals surface area contributed by atoms with Gasteiger partial charge in [0.05, 0.1) is 7.11 Å². The number of hydrogen-bond acceptors (Lipinski definition) is 4. The normalized spacial score (nSPS) is 11.5. The van der Waals surface area contributed by atoms with Crippen LogP contribution in [-0.2, 0) is 16.0 Å². The SMILES string of the molecule is COc1ccc(C)cc1C(=O)O[C@@H](C)C(=O)NCCc1ccc(F)cc1. The lowest BCUT2D eigenvalue weighted by Gasteiger charge is -2.15. The van der Waals surface area contributed by atoms with E-state index in [1.165, 1.54) is 26.2 Å². The van der Waals surface area contributed by atoms with Crippen molar-refractivity contribution in [2.24, 2.45) is 0 Å². The predicted molar refractivity (Wildman–Crippen MR) is 95.7 cm³/mol. The zero-order chi connectivity index (χ0) is 19.1. The first-order chi connectivity index (χ1) is 12.4. The van der Waals surface area contributed by atoms with Crippen LogP contribution in [0.15, 0.2) is 42.5 Å². The maximum absolute atomic E-state index is 12.9. The van der Waals surface area contributed by atoms with Crippen LogP contribution in [0.1, 0.15) is 28.4 Å². The van der Waals surface area contributed by atoms with Crippen molar-refractivity contribution < 1.29 is 23.5 Å². The summed E-state index contributed by atoms with van der Waals surface area (Å²) in [6.45, 7) is 3.72. The van der Waals surface area contributed by atoms with Gasteiger partial charge in [-0.05, 0) is 50.1 Å². The largest absolute Gasteiger partial charge is 0.496 e. The van der Waals surface area contributed by atoms with Crippen molar-refractivity contribution in [3.63, 3.8) is 0 Å². The second-order valence-electron chi connectivity index (χ2n) is 5.92. The summed E-state index contributed by atoms with van der Waals surface area (Å²) in [5.41, 5.74) is 2.06. The molecule has 0 aromatic heterocycles. The molecule has 0 heterocycles. The average molecular weight is 359 g/mol. The van der Waals surface area contributed by atoms with Gasteiger partial charge in [-0.2, -0.15) is 0 Å². The number of methoxy groups -OCH3 is 1. The van der Waals surface area contributed by atoms with Crippen LogP contribution >= 0.6 is 0 Å². The Morgan fingerprint density at radius 1 is 1.15 bits per heavy atom. The maximum Gasteiger partial charge on any atom is 0.342 e. The van der Waals surface area contributed by atoms with E-state index in [4.69, 9.17) is 9.47 Å². The molecule has 0 saturated heterocycles. The predicted octanol–water partition coefficient (Wildman–Crippen LogP) is 3.05. The molecule has 5 nitrogen and oxygen atoms in total. The van der Waals surface area contributed by atoms with Gasteiger partial charge in [0.1, 0.15) is 17.1 Å². The summed E-state index contributed by atoms with van der Waals surface area (Å²) in [6, 6.07) is 11.2. The third kappa shape index (κ3) is 5.31. The Balaban J connectivity index is 1.87. The molecule has 0 fully saturated rings. The molecule has 0 aliphatic rings. The van der Waals surface area contributed by atoms with Gasteiger partial charge in [-0.25, -0.2) is 9.18 Å². The molecule has 0 radical (unpaired) electrons. The van der Waals surface area contributed by atoms with Gasteiger partial charge < -0.3 is 14.8 Å². The summed E-state index contributed by atoms with van der Waals surface area (Å²) in [6.07, 6.45) is -0.390. The number of rotatable bonds is 7. The Hall–Kier alpha value is -2.89. The van der Waals surface area contributed by atoms with E-state index in [2.05, 4.69) is 5.32 Å². The molecule has 0 aliphatic heterocycles. The number of aryl methyl sites for hydroxylation is 1. The second kappa shape index (κ2) is 8.99. The van der Waals surface area contributed by atoms with Crippen LogP contribution in [-0.4, -0.2) is 31.6 Å². The van der Waals surface area contributed by atoms with Crippen LogP contribution in [0.3, 0.4) is 0 Å². The molecule has 0 unspecified atom stereocenters. The van der Waals surface area contributed by atoms with Crippen molar-refractivity contribution in [3.8, 4) is 5.75 Å². The van der Waals surface area contributed by atoms with Gasteiger partial charge in [0, 0.05) is 6.54 Å². The Morgan fingerprint density at radius 2 is 1.85 bits per heavy atom. The van der Waals surface area contributed by atoms with Gasteiger partial charge in [-0.1, -0.05) is 23.8 Å². The van der Waals surface area contributed by atoms with Crippen molar-refractivity contribution in [1.82, 2.24) is 5.32 Å². The number of carbonyl (C=O) groups is 2. The van der Waals surface area contributed by atoms with E-state index in [0.29, 0.717) is 18.7 Å². The smallest absolute Gasteiger partial charge is 0.342 e. The molecule has 2 aromatic carbocycles. The fourth-order valence-electron chi connectivity index (χ4n) is 2.38. The molecule has 0 bridgehead atoms. The average Bonchev–Trinajstić information content (AvgIpc) is 2.63. The lowest BCUT2D eigenvalue weighted by atomic mass is 10.1. The van der Waals surface area contributed by atoms with Gasteiger partial charge >= 0.3 is 5.97 Å². The van der Waals surface area contributed by atoms with Gasteiger partial charge in [-0.3, -0.25) is 4.79 Å². The summed E-state index contributed by atoms with van der Waals surface area (Å²) in [7, 11) is 1.47. The van der Waals surface area contributed by atoms with Crippen molar-refractivity contribution in [2.45, 2.75) is 26.4 Å². The van der Waals surface area contributed by atoms with Crippen LogP contribution in [0.4, 0.5) is 4.39 Å². The highest BCUT2D eigenvalue weighted by Gasteiger charge is 2.21. The Morgan fingerprint density at radius 3 is 2.50 bits per heavy atom. The molecule has 0 aliphatic carbocycles. The number of benzene rings is 2. The lowest BCUT2D eigenvalue weighted by molar-refractivity contribution is -0.129. The van der Waals surface area contributed by atoms with E-state index in [1.54, 1.807) is 24.3 Å². The number of carbonyl (C=O) groups excluding carboxylic acids is 2. The van der Waals surface area contributed by atoms with Crippen molar-refractivity contribution >= 4 is 11.9 Å². The molecule has 26 heavy (non-hydrogen) atoms. The van der Waals surface area contributed by atoms with Crippen LogP contribution in [0, 0.1) is 12.7 Å².